The molecule has 0 saturated carbocycles. The first-order valence-electron chi connectivity index (χ1n) is 12.4. The minimum Gasteiger partial charge on any atom is -0.493 e. The Balaban J connectivity index is 1.75. The van der Waals surface area contributed by atoms with Crippen LogP contribution in [-0.2, 0) is 9.53 Å². The molecule has 2 aromatic carbocycles. The number of methoxy groups -OCH3 is 1. The summed E-state index contributed by atoms with van der Waals surface area (Å²) in [4.78, 5) is 23.0. The lowest BCUT2D eigenvalue weighted by atomic mass is 10.1. The predicted molar refractivity (Wildman–Crippen MR) is 144 cm³/mol. The molecule has 0 bridgehead atoms. The van der Waals surface area contributed by atoms with Crippen molar-refractivity contribution < 1.29 is 24.1 Å². The quantitative estimate of drug-likeness (QED) is 0.347. The molecule has 0 spiro atoms. The van der Waals surface area contributed by atoms with Crippen LogP contribution >= 0.6 is 0 Å². The highest BCUT2D eigenvalue weighted by atomic mass is 16.6. The van der Waals surface area contributed by atoms with Crippen molar-refractivity contribution in [1.82, 2.24) is 14.9 Å². The maximum absolute atomic E-state index is 12.3. The first-order chi connectivity index (χ1) is 17.6. The molecule has 0 aliphatic heterocycles. The Morgan fingerprint density at radius 3 is 2.49 bits per heavy atom. The number of hydrogen-bond acceptors (Lipinski definition) is 9. The van der Waals surface area contributed by atoms with Gasteiger partial charge in [-0.05, 0) is 46.2 Å². The summed E-state index contributed by atoms with van der Waals surface area (Å²) in [7, 11) is 1.58. The molecule has 0 fully saturated rings. The van der Waals surface area contributed by atoms with Gasteiger partial charge < -0.3 is 24.6 Å². The van der Waals surface area contributed by atoms with E-state index in [1.54, 1.807) is 14.0 Å². The highest BCUT2D eigenvalue weighted by Gasteiger charge is 2.20. The summed E-state index contributed by atoms with van der Waals surface area (Å²) in [5.41, 5.74) is 1.29. The fourth-order valence-electron chi connectivity index (χ4n) is 3.93. The van der Waals surface area contributed by atoms with Gasteiger partial charge in [-0.15, -0.1) is 0 Å². The van der Waals surface area contributed by atoms with Crippen LogP contribution in [0.2, 0.25) is 0 Å². The topological polar surface area (TPSA) is 106 Å². The van der Waals surface area contributed by atoms with Crippen LogP contribution in [0.1, 0.15) is 46.2 Å². The van der Waals surface area contributed by atoms with E-state index in [0.717, 1.165) is 16.5 Å². The number of benzene rings is 2. The molecule has 3 rings (SSSR count). The number of hydrogen-bond donors (Lipinski definition) is 2. The molecule has 1 heterocycles. The number of anilines is 1. The number of aromatic nitrogens is 2. The minimum absolute atomic E-state index is 0.0349. The van der Waals surface area contributed by atoms with Gasteiger partial charge in [-0.3, -0.25) is 9.69 Å². The summed E-state index contributed by atoms with van der Waals surface area (Å²) in [5.74, 6) is 1.42. The zero-order valence-electron chi connectivity index (χ0n) is 22.5. The van der Waals surface area contributed by atoms with Crippen molar-refractivity contribution in [1.29, 1.82) is 0 Å². The lowest BCUT2D eigenvalue weighted by molar-refractivity contribution is -0.156. The van der Waals surface area contributed by atoms with Gasteiger partial charge in [0.05, 0.1) is 25.3 Å². The van der Waals surface area contributed by atoms with Crippen LogP contribution in [0.3, 0.4) is 0 Å². The number of nitrogens with zero attached hydrogens (tertiary/aromatic N) is 3. The average Bonchev–Trinajstić information content (AvgIpc) is 2.82. The van der Waals surface area contributed by atoms with Crippen molar-refractivity contribution >= 4 is 22.7 Å². The molecule has 2 N–H and O–H groups in total. The monoisotopic (exact) mass is 510 g/mol. The Bertz CT molecular complexity index is 1160. The molecule has 3 aromatic rings. The normalized spacial score (nSPS) is 13.3. The fourth-order valence-corrected chi connectivity index (χ4v) is 3.93. The molecule has 0 saturated heterocycles. The average molecular weight is 511 g/mol. The van der Waals surface area contributed by atoms with Crippen molar-refractivity contribution in [2.24, 2.45) is 0 Å². The summed E-state index contributed by atoms with van der Waals surface area (Å²) in [6, 6.07) is 13.8. The SMILES string of the molecule is COc1cc2ncnc(N[C@H](C)c3ccccc3)c2cc1OCCN(CC(=O)OC(C)(C)C)C[C@H](C)O. The van der Waals surface area contributed by atoms with Crippen molar-refractivity contribution in [3.05, 3.63) is 54.4 Å². The molecule has 37 heavy (non-hydrogen) atoms. The van der Waals surface area contributed by atoms with E-state index < -0.39 is 11.7 Å². The molecular weight excluding hydrogens is 472 g/mol. The van der Waals surface area contributed by atoms with Crippen LogP contribution in [0.4, 0.5) is 5.82 Å². The Kier molecular flexibility index (Phi) is 9.66. The van der Waals surface area contributed by atoms with Gasteiger partial charge in [0.1, 0.15) is 24.4 Å². The number of carbonyl (C=O) groups is 1. The van der Waals surface area contributed by atoms with Gasteiger partial charge in [0.25, 0.3) is 0 Å². The van der Waals surface area contributed by atoms with E-state index in [9.17, 15) is 9.90 Å². The smallest absolute Gasteiger partial charge is 0.320 e. The van der Waals surface area contributed by atoms with Crippen molar-refractivity contribution in [3.8, 4) is 11.5 Å². The number of esters is 1. The van der Waals surface area contributed by atoms with Crippen LogP contribution in [0, 0.1) is 0 Å². The molecule has 1 aromatic heterocycles. The van der Waals surface area contributed by atoms with Crippen LogP contribution in [0.5, 0.6) is 11.5 Å². The molecule has 2 atom stereocenters. The second-order valence-corrected chi connectivity index (χ2v) is 10.0. The van der Waals surface area contributed by atoms with E-state index in [1.807, 2.05) is 56.0 Å². The van der Waals surface area contributed by atoms with Crippen LogP contribution in [0.15, 0.2) is 48.8 Å². The molecule has 0 unspecified atom stereocenters. The third kappa shape index (κ3) is 8.58. The third-order valence-corrected chi connectivity index (χ3v) is 5.53. The van der Waals surface area contributed by atoms with Gasteiger partial charge in [0.2, 0.25) is 0 Å². The summed E-state index contributed by atoms with van der Waals surface area (Å²) in [6.45, 7) is 10.3. The summed E-state index contributed by atoms with van der Waals surface area (Å²) >= 11 is 0. The maximum Gasteiger partial charge on any atom is 0.320 e. The largest absolute Gasteiger partial charge is 0.493 e. The zero-order valence-corrected chi connectivity index (χ0v) is 22.5. The number of carbonyl (C=O) groups excluding carboxylic acids is 1. The second-order valence-electron chi connectivity index (χ2n) is 10.0. The van der Waals surface area contributed by atoms with E-state index >= 15 is 0 Å². The van der Waals surface area contributed by atoms with Crippen LogP contribution in [0.25, 0.3) is 10.9 Å². The van der Waals surface area contributed by atoms with Crippen molar-refractivity contribution in [2.45, 2.75) is 52.4 Å². The molecule has 9 nitrogen and oxygen atoms in total. The van der Waals surface area contributed by atoms with Crippen LogP contribution < -0.4 is 14.8 Å². The molecule has 200 valence electrons. The summed E-state index contributed by atoms with van der Waals surface area (Å²) in [5, 5.41) is 14.2. The molecule has 0 radical (unpaired) electrons. The fraction of sp³-hybridized carbons (Fsp3) is 0.464. The molecule has 9 heteroatoms. The highest BCUT2D eigenvalue weighted by Crippen LogP contribution is 2.34. The third-order valence-electron chi connectivity index (χ3n) is 5.53. The van der Waals surface area contributed by atoms with Gasteiger partial charge in [-0.2, -0.15) is 0 Å². The summed E-state index contributed by atoms with van der Waals surface area (Å²) < 4.78 is 17.1. The lowest BCUT2D eigenvalue weighted by Crippen LogP contribution is -2.40. The first kappa shape index (κ1) is 28.1. The van der Waals surface area contributed by atoms with E-state index in [0.29, 0.717) is 30.4 Å². The van der Waals surface area contributed by atoms with Gasteiger partial charge >= 0.3 is 5.97 Å². The molecular formula is C28H38N4O5. The van der Waals surface area contributed by atoms with E-state index in [4.69, 9.17) is 14.2 Å². The number of aliphatic hydroxyl groups excluding tert-OH is 1. The van der Waals surface area contributed by atoms with Gasteiger partial charge in [-0.25, -0.2) is 9.97 Å². The van der Waals surface area contributed by atoms with Crippen LogP contribution in [-0.4, -0.2) is 71.0 Å². The second kappa shape index (κ2) is 12.7. The van der Waals surface area contributed by atoms with Crippen molar-refractivity contribution in [3.63, 3.8) is 0 Å². The number of fused-ring (bicyclic) bond motifs is 1. The minimum atomic E-state index is -0.602. The van der Waals surface area contributed by atoms with Gasteiger partial charge in [0, 0.05) is 30.6 Å². The first-order valence-corrected chi connectivity index (χ1v) is 12.4. The van der Waals surface area contributed by atoms with Gasteiger partial charge in [-0.1, -0.05) is 30.3 Å². The number of nitrogens with one attached hydrogen (secondary N) is 1. The summed E-state index contributed by atoms with van der Waals surface area (Å²) in [6.07, 6.45) is 0.919. The standard InChI is InChI=1S/C28H38N4O5/c1-19(33)16-32(17-26(34)37-28(3,4)5)12-13-36-25-14-22-23(15-24(25)35-6)29-18-30-27(22)31-20(2)21-10-8-7-9-11-21/h7-11,14-15,18-20,33H,12-13,16-17H2,1-6H3,(H,29,30,31)/t19-,20+/m0/s1. The Hall–Kier alpha value is -3.43. The maximum atomic E-state index is 12.3. The van der Waals surface area contributed by atoms with E-state index in [-0.39, 0.29) is 25.2 Å². The van der Waals surface area contributed by atoms with E-state index in [1.165, 1.54) is 6.33 Å². The van der Waals surface area contributed by atoms with Gasteiger partial charge in [0.15, 0.2) is 11.5 Å². The molecule has 0 aliphatic carbocycles. The Morgan fingerprint density at radius 1 is 1.11 bits per heavy atom. The zero-order chi connectivity index (χ0) is 27.0. The van der Waals surface area contributed by atoms with E-state index in [2.05, 4.69) is 34.3 Å². The molecule has 0 aliphatic rings. The molecule has 0 amide bonds. The number of rotatable bonds is 12. The highest BCUT2D eigenvalue weighted by molar-refractivity contribution is 5.91. The Morgan fingerprint density at radius 2 is 1.84 bits per heavy atom. The Labute approximate surface area is 218 Å². The number of aliphatic hydroxyl groups is 1. The van der Waals surface area contributed by atoms with Crippen molar-refractivity contribution in [2.75, 3.05) is 38.7 Å². The predicted octanol–water partition coefficient (Wildman–Crippen LogP) is 4.21. The number of ether oxygens (including phenoxy) is 3. The lowest BCUT2D eigenvalue weighted by Gasteiger charge is -2.26.